The second-order valence-corrected chi connectivity index (χ2v) is 8.03. The van der Waals surface area contributed by atoms with E-state index in [-0.39, 0.29) is 5.54 Å². The Morgan fingerprint density at radius 3 is 2.52 bits per heavy atom. The topological polar surface area (TPSA) is 66.9 Å². The number of hydrogen-bond donors (Lipinski definition) is 3. The minimum absolute atomic E-state index is 0.119. The molecule has 0 spiro atoms. The smallest absolute Gasteiger partial charge is 0.191 e. The Hall–Kier alpha value is -1.95. The normalized spacial score (nSPS) is 15.7. The summed E-state index contributed by atoms with van der Waals surface area (Å²) in [5.41, 5.74) is 1.23. The van der Waals surface area contributed by atoms with E-state index in [9.17, 15) is 0 Å². The van der Waals surface area contributed by atoms with E-state index in [2.05, 4.69) is 47.8 Å². The average molecular weight is 377 g/mol. The monoisotopic (exact) mass is 376 g/mol. The highest BCUT2D eigenvalue weighted by atomic mass is 16.5. The summed E-state index contributed by atoms with van der Waals surface area (Å²) in [6.45, 7) is 8.83. The molecule has 0 aliphatic heterocycles. The molecule has 27 heavy (non-hydrogen) atoms. The average Bonchev–Trinajstić information content (AvgIpc) is 3.14. The highest BCUT2D eigenvalue weighted by molar-refractivity contribution is 5.79. The zero-order valence-corrected chi connectivity index (χ0v) is 17.5. The maximum Gasteiger partial charge on any atom is 0.191 e. The molecule has 1 aromatic rings. The van der Waals surface area contributed by atoms with Crippen LogP contribution in [0.25, 0.3) is 0 Å². The van der Waals surface area contributed by atoms with Crippen molar-refractivity contribution in [3.8, 4) is 11.5 Å². The molecule has 6 heteroatoms. The molecule has 1 aliphatic rings. The van der Waals surface area contributed by atoms with Gasteiger partial charge in [0.25, 0.3) is 0 Å². The zero-order chi connectivity index (χ0) is 19.7. The molecule has 152 valence electrons. The minimum Gasteiger partial charge on any atom is -0.497 e. The SMILES string of the molecule is CN=C(NCCNC(C)(C)C)NCc1ccc(OC)cc1OC1CCCC1. The summed E-state index contributed by atoms with van der Waals surface area (Å²) in [6, 6.07) is 6.02. The van der Waals surface area contributed by atoms with E-state index in [4.69, 9.17) is 9.47 Å². The molecule has 0 bridgehead atoms. The van der Waals surface area contributed by atoms with Crippen molar-refractivity contribution in [2.24, 2.45) is 4.99 Å². The van der Waals surface area contributed by atoms with Crippen LogP contribution in [0.2, 0.25) is 0 Å². The van der Waals surface area contributed by atoms with Crippen LogP contribution in [-0.2, 0) is 6.54 Å². The van der Waals surface area contributed by atoms with Gasteiger partial charge in [-0.3, -0.25) is 4.99 Å². The molecular weight excluding hydrogens is 340 g/mol. The predicted octanol–water partition coefficient (Wildman–Crippen LogP) is 3.07. The Bertz CT molecular complexity index is 605. The van der Waals surface area contributed by atoms with E-state index in [1.54, 1.807) is 14.2 Å². The highest BCUT2D eigenvalue weighted by Crippen LogP contribution is 2.29. The van der Waals surface area contributed by atoms with E-state index >= 15 is 0 Å². The van der Waals surface area contributed by atoms with Crippen LogP contribution in [0, 0.1) is 0 Å². The first-order chi connectivity index (χ1) is 12.9. The van der Waals surface area contributed by atoms with Crippen LogP contribution in [0.4, 0.5) is 0 Å². The van der Waals surface area contributed by atoms with E-state index in [1.807, 2.05) is 12.1 Å². The number of guanidine groups is 1. The van der Waals surface area contributed by atoms with Gasteiger partial charge < -0.3 is 25.4 Å². The van der Waals surface area contributed by atoms with Gasteiger partial charge in [-0.05, 0) is 58.6 Å². The largest absolute Gasteiger partial charge is 0.497 e. The van der Waals surface area contributed by atoms with Gasteiger partial charge in [-0.2, -0.15) is 0 Å². The van der Waals surface area contributed by atoms with Crippen LogP contribution < -0.4 is 25.4 Å². The number of nitrogens with one attached hydrogen (secondary N) is 3. The van der Waals surface area contributed by atoms with Crippen molar-refractivity contribution in [1.29, 1.82) is 0 Å². The van der Waals surface area contributed by atoms with E-state index in [0.29, 0.717) is 12.6 Å². The maximum absolute atomic E-state index is 6.26. The van der Waals surface area contributed by atoms with Gasteiger partial charge in [0, 0.05) is 43.9 Å². The summed E-state index contributed by atoms with van der Waals surface area (Å²) in [6.07, 6.45) is 5.09. The molecular formula is C21H36N4O2. The number of nitrogens with zero attached hydrogens (tertiary/aromatic N) is 1. The Balaban J connectivity index is 1.90. The second kappa shape index (κ2) is 10.4. The molecule has 0 amide bonds. The van der Waals surface area contributed by atoms with Gasteiger partial charge in [0.05, 0.1) is 13.2 Å². The minimum atomic E-state index is 0.119. The predicted molar refractivity (Wildman–Crippen MR) is 112 cm³/mol. The van der Waals surface area contributed by atoms with Crippen LogP contribution in [0.1, 0.15) is 52.0 Å². The third kappa shape index (κ3) is 7.67. The molecule has 0 aromatic heterocycles. The fraction of sp³-hybridized carbons (Fsp3) is 0.667. The quantitative estimate of drug-likeness (QED) is 0.370. The fourth-order valence-electron chi connectivity index (χ4n) is 3.12. The third-order valence-corrected chi connectivity index (χ3v) is 4.61. The van der Waals surface area contributed by atoms with Crippen molar-refractivity contribution in [2.75, 3.05) is 27.2 Å². The van der Waals surface area contributed by atoms with Crippen molar-refractivity contribution < 1.29 is 9.47 Å². The number of ether oxygens (including phenoxy) is 2. The Labute approximate surface area is 164 Å². The van der Waals surface area contributed by atoms with Gasteiger partial charge in [0.1, 0.15) is 11.5 Å². The number of benzene rings is 1. The number of rotatable bonds is 8. The second-order valence-electron chi connectivity index (χ2n) is 8.03. The first kappa shape index (κ1) is 21.4. The standard InChI is InChI=1S/C21H36N4O2/c1-21(2,3)25-13-12-23-20(22-4)24-15-16-10-11-18(26-5)14-19(16)27-17-8-6-7-9-17/h10-11,14,17,25H,6-9,12-13,15H2,1-5H3,(H2,22,23,24). The van der Waals surface area contributed by atoms with Crippen molar-refractivity contribution in [2.45, 2.75) is 64.6 Å². The van der Waals surface area contributed by atoms with E-state index < -0.39 is 0 Å². The van der Waals surface area contributed by atoms with Crippen molar-refractivity contribution >= 4 is 5.96 Å². The van der Waals surface area contributed by atoms with Crippen LogP contribution >= 0.6 is 0 Å². The molecule has 1 saturated carbocycles. The highest BCUT2D eigenvalue weighted by Gasteiger charge is 2.18. The first-order valence-electron chi connectivity index (χ1n) is 9.94. The van der Waals surface area contributed by atoms with Crippen molar-refractivity contribution in [3.05, 3.63) is 23.8 Å². The lowest BCUT2D eigenvalue weighted by Gasteiger charge is -2.21. The number of methoxy groups -OCH3 is 1. The Morgan fingerprint density at radius 1 is 1.15 bits per heavy atom. The van der Waals surface area contributed by atoms with Crippen LogP contribution in [0.5, 0.6) is 11.5 Å². The molecule has 2 rings (SSSR count). The van der Waals surface area contributed by atoms with Gasteiger partial charge in [0.15, 0.2) is 5.96 Å². The van der Waals surface area contributed by atoms with E-state index in [1.165, 1.54) is 12.8 Å². The summed E-state index contributed by atoms with van der Waals surface area (Å²) in [5, 5.41) is 10.2. The maximum atomic E-state index is 6.26. The summed E-state index contributed by atoms with van der Waals surface area (Å²) < 4.78 is 11.6. The third-order valence-electron chi connectivity index (χ3n) is 4.61. The van der Waals surface area contributed by atoms with Crippen molar-refractivity contribution in [3.63, 3.8) is 0 Å². The summed E-state index contributed by atoms with van der Waals surface area (Å²) >= 11 is 0. The molecule has 0 heterocycles. The lowest BCUT2D eigenvalue weighted by atomic mass is 10.1. The number of aliphatic imine (C=N–C) groups is 1. The summed E-state index contributed by atoms with van der Waals surface area (Å²) in [4.78, 5) is 4.30. The molecule has 1 fully saturated rings. The van der Waals surface area contributed by atoms with Gasteiger partial charge in [-0.15, -0.1) is 0 Å². The lowest BCUT2D eigenvalue weighted by molar-refractivity contribution is 0.207. The van der Waals surface area contributed by atoms with Crippen molar-refractivity contribution in [1.82, 2.24) is 16.0 Å². The molecule has 0 saturated heterocycles. The van der Waals surface area contributed by atoms with Gasteiger partial charge in [-0.1, -0.05) is 0 Å². The number of hydrogen-bond acceptors (Lipinski definition) is 4. The lowest BCUT2D eigenvalue weighted by Crippen LogP contribution is -2.44. The van der Waals surface area contributed by atoms with Gasteiger partial charge >= 0.3 is 0 Å². The molecule has 3 N–H and O–H groups in total. The Kier molecular flexibility index (Phi) is 8.23. The summed E-state index contributed by atoms with van der Waals surface area (Å²) in [5.74, 6) is 2.51. The molecule has 0 unspecified atom stereocenters. The Morgan fingerprint density at radius 2 is 1.89 bits per heavy atom. The molecule has 1 aromatic carbocycles. The summed E-state index contributed by atoms with van der Waals surface area (Å²) in [7, 11) is 3.47. The zero-order valence-electron chi connectivity index (χ0n) is 17.5. The van der Waals surface area contributed by atoms with Crippen LogP contribution in [0.3, 0.4) is 0 Å². The van der Waals surface area contributed by atoms with Gasteiger partial charge in [0.2, 0.25) is 0 Å². The first-order valence-corrected chi connectivity index (χ1v) is 9.94. The van der Waals surface area contributed by atoms with Crippen LogP contribution in [0.15, 0.2) is 23.2 Å². The van der Waals surface area contributed by atoms with E-state index in [0.717, 1.165) is 49.0 Å². The molecule has 1 aliphatic carbocycles. The van der Waals surface area contributed by atoms with Gasteiger partial charge in [-0.25, -0.2) is 0 Å². The molecule has 6 nitrogen and oxygen atoms in total. The van der Waals surface area contributed by atoms with Crippen LogP contribution in [-0.4, -0.2) is 44.8 Å². The molecule has 0 atom stereocenters. The molecule has 0 radical (unpaired) electrons. The fourth-order valence-corrected chi connectivity index (χ4v) is 3.12.